The lowest BCUT2D eigenvalue weighted by molar-refractivity contribution is 0.997. The minimum absolute atomic E-state index is 1.41. The standard InChI is InChI=1S/C5H7N3/c1-2-3-4-5-7-8-6/h2-6H,1H2. The Morgan fingerprint density at radius 3 is 2.62 bits per heavy atom. The first-order valence-electron chi connectivity index (χ1n) is 2.09. The fourth-order valence-electron chi connectivity index (χ4n) is 0.200. The van der Waals surface area contributed by atoms with E-state index in [1.54, 1.807) is 18.2 Å². The van der Waals surface area contributed by atoms with Gasteiger partial charge in [-0.1, -0.05) is 24.0 Å². The molecule has 0 spiro atoms. The van der Waals surface area contributed by atoms with Crippen LogP contribution in [-0.2, 0) is 0 Å². The molecule has 0 aromatic rings. The molecule has 0 saturated heterocycles. The van der Waals surface area contributed by atoms with Crippen molar-refractivity contribution in [3.8, 4) is 0 Å². The van der Waals surface area contributed by atoms with Gasteiger partial charge in [-0.15, -0.1) is 5.10 Å². The van der Waals surface area contributed by atoms with E-state index in [0.717, 1.165) is 0 Å². The lowest BCUT2D eigenvalue weighted by Gasteiger charge is -1.65. The topological polar surface area (TPSA) is 48.6 Å². The summed E-state index contributed by atoms with van der Waals surface area (Å²) in [6.45, 7) is 3.43. The van der Waals surface area contributed by atoms with Crippen molar-refractivity contribution in [1.29, 1.82) is 5.53 Å². The monoisotopic (exact) mass is 109 g/mol. The fraction of sp³-hybridized carbons (Fsp3) is 0. The van der Waals surface area contributed by atoms with Crippen molar-refractivity contribution in [1.82, 2.24) is 0 Å². The molecule has 0 saturated carbocycles. The number of hydrogen-bond acceptors (Lipinski definition) is 2. The highest BCUT2D eigenvalue weighted by Crippen LogP contribution is 1.69. The number of rotatable bonds is 3. The normalized spacial score (nSPS) is 10.5. The van der Waals surface area contributed by atoms with E-state index < -0.39 is 0 Å². The van der Waals surface area contributed by atoms with Crippen LogP contribution >= 0.6 is 0 Å². The van der Waals surface area contributed by atoms with E-state index in [4.69, 9.17) is 5.53 Å². The molecule has 1 N–H and O–H groups in total. The van der Waals surface area contributed by atoms with Gasteiger partial charge in [0.2, 0.25) is 0 Å². The first-order chi connectivity index (χ1) is 3.91. The molecule has 0 bridgehead atoms. The van der Waals surface area contributed by atoms with E-state index in [2.05, 4.69) is 16.9 Å². The van der Waals surface area contributed by atoms with Crippen molar-refractivity contribution in [3.05, 3.63) is 24.8 Å². The molecule has 0 atom stereocenters. The smallest absolute Gasteiger partial charge is 0.0513 e. The van der Waals surface area contributed by atoms with Gasteiger partial charge < -0.3 is 0 Å². The molecular weight excluding hydrogens is 102 g/mol. The fourth-order valence-corrected chi connectivity index (χ4v) is 0.200. The summed E-state index contributed by atoms with van der Waals surface area (Å²) in [6, 6.07) is 0. The number of allylic oxidation sites excluding steroid dienone is 3. The van der Waals surface area contributed by atoms with E-state index in [1.807, 2.05) is 0 Å². The third-order valence-electron chi connectivity index (χ3n) is 0.458. The Hall–Kier alpha value is -1.25. The Bertz CT molecular complexity index is 108. The van der Waals surface area contributed by atoms with Gasteiger partial charge in [0.15, 0.2) is 0 Å². The summed E-state index contributed by atoms with van der Waals surface area (Å²) in [4.78, 5) is 0. The van der Waals surface area contributed by atoms with Crippen LogP contribution in [0.2, 0.25) is 0 Å². The van der Waals surface area contributed by atoms with Gasteiger partial charge in [-0.25, -0.2) is 0 Å². The van der Waals surface area contributed by atoms with Crippen molar-refractivity contribution in [3.63, 3.8) is 0 Å². The maximum atomic E-state index is 6.21. The zero-order valence-electron chi connectivity index (χ0n) is 4.41. The zero-order chi connectivity index (χ0) is 6.24. The summed E-state index contributed by atoms with van der Waals surface area (Å²) < 4.78 is 0. The van der Waals surface area contributed by atoms with Crippen LogP contribution in [0, 0.1) is 5.53 Å². The number of hydrogen-bond donors (Lipinski definition) is 1. The second kappa shape index (κ2) is 5.75. The summed E-state index contributed by atoms with van der Waals surface area (Å²) in [5.41, 5.74) is 6.21. The third-order valence-corrected chi connectivity index (χ3v) is 0.458. The third kappa shape index (κ3) is 4.75. The molecule has 8 heavy (non-hydrogen) atoms. The maximum Gasteiger partial charge on any atom is 0.0513 e. The van der Waals surface area contributed by atoms with E-state index in [0.29, 0.717) is 0 Å². The largest absolute Gasteiger partial charge is 0.185 e. The van der Waals surface area contributed by atoms with Gasteiger partial charge in [-0.05, 0) is 6.08 Å². The predicted octanol–water partition coefficient (Wildman–Crippen LogP) is 1.75. The molecular formula is C5H7N3. The van der Waals surface area contributed by atoms with E-state index in [1.165, 1.54) is 6.21 Å². The lowest BCUT2D eigenvalue weighted by atomic mass is 10.5. The van der Waals surface area contributed by atoms with Gasteiger partial charge in [0.1, 0.15) is 0 Å². The van der Waals surface area contributed by atoms with E-state index in [-0.39, 0.29) is 0 Å². The lowest BCUT2D eigenvalue weighted by Crippen LogP contribution is -1.56. The Labute approximate surface area is 47.9 Å². The molecule has 0 heterocycles. The number of nitrogens with zero attached hydrogens (tertiary/aromatic N) is 2. The summed E-state index contributed by atoms with van der Waals surface area (Å²) in [5, 5.41) is 5.98. The minimum atomic E-state index is 1.41. The Morgan fingerprint density at radius 2 is 2.12 bits per heavy atom. The highest BCUT2D eigenvalue weighted by molar-refractivity contribution is 5.71. The highest BCUT2D eigenvalue weighted by Gasteiger charge is 1.56. The quantitative estimate of drug-likeness (QED) is 0.248. The molecule has 0 rings (SSSR count). The first kappa shape index (κ1) is 6.75. The molecule has 0 aromatic carbocycles. The number of nitrogens with one attached hydrogen (secondary N) is 1. The molecule has 0 radical (unpaired) electrons. The molecule has 42 valence electrons. The van der Waals surface area contributed by atoms with Crippen LogP contribution in [0.5, 0.6) is 0 Å². The summed E-state index contributed by atoms with van der Waals surface area (Å²) in [7, 11) is 0. The van der Waals surface area contributed by atoms with Gasteiger partial charge in [0, 0.05) is 0 Å². The van der Waals surface area contributed by atoms with Gasteiger partial charge in [-0.2, -0.15) is 5.53 Å². The van der Waals surface area contributed by atoms with E-state index >= 15 is 0 Å². The average Bonchev–Trinajstić information content (AvgIpc) is 1.81. The minimum Gasteiger partial charge on any atom is -0.185 e. The molecule has 3 nitrogen and oxygen atoms in total. The summed E-state index contributed by atoms with van der Waals surface area (Å²) >= 11 is 0. The molecule has 0 aromatic heterocycles. The highest BCUT2D eigenvalue weighted by atomic mass is 15.3. The van der Waals surface area contributed by atoms with Crippen LogP contribution in [0.1, 0.15) is 0 Å². The van der Waals surface area contributed by atoms with Crippen LogP contribution in [0.25, 0.3) is 0 Å². The van der Waals surface area contributed by atoms with Crippen molar-refractivity contribution in [2.75, 3.05) is 0 Å². The average molecular weight is 109 g/mol. The van der Waals surface area contributed by atoms with Crippen molar-refractivity contribution in [2.24, 2.45) is 10.3 Å². The van der Waals surface area contributed by atoms with Crippen LogP contribution < -0.4 is 0 Å². The van der Waals surface area contributed by atoms with Gasteiger partial charge in [0.25, 0.3) is 0 Å². The molecule has 0 unspecified atom stereocenters. The van der Waals surface area contributed by atoms with Gasteiger partial charge >= 0.3 is 0 Å². The second-order valence-corrected chi connectivity index (χ2v) is 0.985. The van der Waals surface area contributed by atoms with Crippen LogP contribution in [0.4, 0.5) is 0 Å². The Balaban J connectivity index is 3.41. The van der Waals surface area contributed by atoms with Crippen molar-refractivity contribution in [2.45, 2.75) is 0 Å². The zero-order valence-corrected chi connectivity index (χ0v) is 4.41. The van der Waals surface area contributed by atoms with E-state index in [9.17, 15) is 0 Å². The molecule has 3 heteroatoms. The van der Waals surface area contributed by atoms with Crippen LogP contribution in [-0.4, -0.2) is 6.21 Å². The van der Waals surface area contributed by atoms with Crippen LogP contribution in [0.3, 0.4) is 0 Å². The molecule has 0 aliphatic heterocycles. The summed E-state index contributed by atoms with van der Waals surface area (Å²) in [6.07, 6.45) is 6.38. The van der Waals surface area contributed by atoms with Gasteiger partial charge in [0.05, 0.1) is 6.21 Å². The molecule has 0 aliphatic carbocycles. The van der Waals surface area contributed by atoms with Crippen molar-refractivity contribution >= 4 is 6.21 Å². The second-order valence-electron chi connectivity index (χ2n) is 0.985. The van der Waals surface area contributed by atoms with Crippen LogP contribution in [0.15, 0.2) is 35.1 Å². The SMILES string of the molecule is C=CC=CC=NN=N. The maximum absolute atomic E-state index is 6.21. The molecule has 0 amide bonds. The Morgan fingerprint density at radius 1 is 1.38 bits per heavy atom. The molecule has 0 fully saturated rings. The predicted molar refractivity (Wildman–Crippen MR) is 33.0 cm³/mol. The van der Waals surface area contributed by atoms with Gasteiger partial charge in [-0.3, -0.25) is 0 Å². The first-order valence-corrected chi connectivity index (χ1v) is 2.09. The van der Waals surface area contributed by atoms with Crippen molar-refractivity contribution < 1.29 is 0 Å². The molecule has 0 aliphatic rings. The Kier molecular flexibility index (Phi) is 4.85. The summed E-state index contributed by atoms with van der Waals surface area (Å²) in [5.74, 6) is 0.